The van der Waals surface area contributed by atoms with Crippen LogP contribution < -0.4 is 9.47 Å². The lowest BCUT2D eigenvalue weighted by Crippen LogP contribution is -1.94. The van der Waals surface area contributed by atoms with Crippen molar-refractivity contribution >= 4 is 21.5 Å². The minimum absolute atomic E-state index is 0.559. The molecule has 0 spiro atoms. The monoisotopic (exact) mass is 288 g/mol. The fourth-order valence-corrected chi connectivity index (χ4v) is 2.72. The summed E-state index contributed by atoms with van der Waals surface area (Å²) in [5.41, 5.74) is 1.12. The van der Waals surface area contributed by atoms with Gasteiger partial charge in [-0.1, -0.05) is 0 Å². The van der Waals surface area contributed by atoms with Gasteiger partial charge in [-0.05, 0) is 47.2 Å². The average Bonchev–Trinajstić information content (AvgIpc) is 2.59. The molecule has 3 aromatic rings. The topological polar surface area (TPSA) is 66.0 Å². The molecule has 3 rings (SSSR count). The second kappa shape index (κ2) is 5.27. The summed E-state index contributed by atoms with van der Waals surface area (Å²) < 4.78 is 11.0. The van der Waals surface area contributed by atoms with Crippen LogP contribution in [0.15, 0.2) is 36.4 Å². The largest absolute Gasteiger partial charge is 0.492 e. The molecular formula is C18H12N2O2. The summed E-state index contributed by atoms with van der Waals surface area (Å²) in [5, 5.41) is 21.7. The maximum Gasteiger partial charge on any atom is 0.169 e. The number of methoxy groups -OCH3 is 2. The summed E-state index contributed by atoms with van der Waals surface area (Å²) in [7, 11) is 3.18. The average molecular weight is 288 g/mol. The molecule has 3 aromatic carbocycles. The number of nitrogens with zero attached hydrogens (tertiary/aromatic N) is 2. The SMILES string of the molecule is COc1c(OC)c2ccc(C#N)cc2c2cc(C#N)ccc12. The van der Waals surface area contributed by atoms with Gasteiger partial charge >= 0.3 is 0 Å². The molecule has 0 saturated carbocycles. The third-order valence-electron chi connectivity index (χ3n) is 3.69. The summed E-state index contributed by atoms with van der Waals surface area (Å²) in [6, 6.07) is 15.1. The number of hydrogen-bond acceptors (Lipinski definition) is 4. The normalized spacial score (nSPS) is 10.2. The smallest absolute Gasteiger partial charge is 0.169 e. The predicted octanol–water partition coefficient (Wildman–Crippen LogP) is 3.75. The second-order valence-electron chi connectivity index (χ2n) is 4.81. The van der Waals surface area contributed by atoms with E-state index < -0.39 is 0 Å². The first kappa shape index (κ1) is 13.7. The summed E-state index contributed by atoms with van der Waals surface area (Å²) in [5.74, 6) is 1.25. The number of fused-ring (bicyclic) bond motifs is 3. The van der Waals surface area contributed by atoms with Crippen LogP contribution in [0.1, 0.15) is 11.1 Å². The maximum atomic E-state index is 9.14. The Hall–Kier alpha value is -3.24. The number of nitriles is 2. The van der Waals surface area contributed by atoms with Crippen LogP contribution in [0.3, 0.4) is 0 Å². The van der Waals surface area contributed by atoms with E-state index in [-0.39, 0.29) is 0 Å². The van der Waals surface area contributed by atoms with Gasteiger partial charge in [0.15, 0.2) is 11.5 Å². The minimum atomic E-state index is 0.559. The van der Waals surface area contributed by atoms with Gasteiger partial charge < -0.3 is 9.47 Å². The van der Waals surface area contributed by atoms with Gasteiger partial charge in [0.1, 0.15) is 0 Å². The molecule has 0 unspecified atom stereocenters. The highest BCUT2D eigenvalue weighted by molar-refractivity contribution is 6.14. The van der Waals surface area contributed by atoms with Crippen molar-refractivity contribution in [1.82, 2.24) is 0 Å². The molecule has 4 heteroatoms. The zero-order valence-electron chi connectivity index (χ0n) is 12.2. The molecule has 0 aliphatic carbocycles. The standard InChI is InChI=1S/C18H12N2O2/c1-21-17-13-5-3-11(9-19)7-15(13)16-8-12(10-20)4-6-14(16)18(17)22-2/h3-8H,1-2H3. The highest BCUT2D eigenvalue weighted by Gasteiger charge is 2.16. The Balaban J connectivity index is 2.60. The van der Waals surface area contributed by atoms with E-state index in [2.05, 4.69) is 12.1 Å². The molecule has 106 valence electrons. The van der Waals surface area contributed by atoms with E-state index in [0.29, 0.717) is 22.6 Å². The number of rotatable bonds is 2. The van der Waals surface area contributed by atoms with E-state index in [0.717, 1.165) is 21.5 Å². The van der Waals surface area contributed by atoms with Crippen molar-refractivity contribution in [2.45, 2.75) is 0 Å². The first-order chi connectivity index (χ1) is 10.7. The highest BCUT2D eigenvalue weighted by atomic mass is 16.5. The summed E-state index contributed by atoms with van der Waals surface area (Å²) in [6.07, 6.45) is 0. The van der Waals surface area contributed by atoms with E-state index in [1.165, 1.54) is 0 Å². The Morgan fingerprint density at radius 3 is 1.41 bits per heavy atom. The molecular weight excluding hydrogens is 276 g/mol. The van der Waals surface area contributed by atoms with Crippen molar-refractivity contribution in [1.29, 1.82) is 10.5 Å². The first-order valence-electron chi connectivity index (χ1n) is 6.65. The molecule has 0 aromatic heterocycles. The predicted molar refractivity (Wildman–Crippen MR) is 84.0 cm³/mol. The van der Waals surface area contributed by atoms with Gasteiger partial charge in [0.25, 0.3) is 0 Å². The van der Waals surface area contributed by atoms with Gasteiger partial charge in [-0.25, -0.2) is 0 Å². The summed E-state index contributed by atoms with van der Waals surface area (Å²) in [6.45, 7) is 0. The number of ether oxygens (including phenoxy) is 2. The molecule has 0 amide bonds. The van der Waals surface area contributed by atoms with Crippen LogP contribution in [-0.2, 0) is 0 Å². The van der Waals surface area contributed by atoms with Crippen LogP contribution in [0.5, 0.6) is 11.5 Å². The van der Waals surface area contributed by atoms with Gasteiger partial charge in [-0.3, -0.25) is 0 Å². The Labute approximate surface area is 127 Å². The van der Waals surface area contributed by atoms with E-state index in [4.69, 9.17) is 20.0 Å². The van der Waals surface area contributed by atoms with Crippen molar-refractivity contribution in [3.63, 3.8) is 0 Å². The zero-order chi connectivity index (χ0) is 15.7. The van der Waals surface area contributed by atoms with Crippen molar-refractivity contribution in [3.05, 3.63) is 47.5 Å². The molecule has 0 heterocycles. The fourth-order valence-electron chi connectivity index (χ4n) is 2.72. The lowest BCUT2D eigenvalue weighted by atomic mass is 9.97. The Morgan fingerprint density at radius 2 is 1.09 bits per heavy atom. The van der Waals surface area contributed by atoms with Crippen molar-refractivity contribution in [3.8, 4) is 23.6 Å². The molecule has 0 atom stereocenters. The Bertz CT molecular complexity index is 898. The van der Waals surface area contributed by atoms with Crippen LogP contribution in [0.4, 0.5) is 0 Å². The minimum Gasteiger partial charge on any atom is -0.492 e. The Morgan fingerprint density at radius 1 is 0.682 bits per heavy atom. The van der Waals surface area contributed by atoms with Crippen LogP contribution >= 0.6 is 0 Å². The van der Waals surface area contributed by atoms with Gasteiger partial charge in [-0.2, -0.15) is 10.5 Å². The van der Waals surface area contributed by atoms with Crippen molar-refractivity contribution in [2.24, 2.45) is 0 Å². The van der Waals surface area contributed by atoms with Crippen LogP contribution in [0.25, 0.3) is 21.5 Å². The molecule has 4 nitrogen and oxygen atoms in total. The molecule has 0 N–H and O–H groups in total. The van der Waals surface area contributed by atoms with E-state index >= 15 is 0 Å². The number of benzene rings is 3. The van der Waals surface area contributed by atoms with E-state index in [1.54, 1.807) is 38.5 Å². The molecule has 0 aliphatic heterocycles. The van der Waals surface area contributed by atoms with Gasteiger partial charge in [0, 0.05) is 10.8 Å². The second-order valence-corrected chi connectivity index (χ2v) is 4.81. The highest BCUT2D eigenvalue weighted by Crippen LogP contribution is 2.43. The summed E-state index contributed by atoms with van der Waals surface area (Å²) >= 11 is 0. The Kier molecular flexibility index (Phi) is 3.29. The maximum absolute atomic E-state index is 9.14. The quantitative estimate of drug-likeness (QED) is 0.673. The van der Waals surface area contributed by atoms with Crippen molar-refractivity contribution in [2.75, 3.05) is 14.2 Å². The molecule has 22 heavy (non-hydrogen) atoms. The van der Waals surface area contributed by atoms with Gasteiger partial charge in [-0.15, -0.1) is 0 Å². The lowest BCUT2D eigenvalue weighted by Gasteiger charge is -2.15. The van der Waals surface area contributed by atoms with Gasteiger partial charge in [0.05, 0.1) is 37.5 Å². The number of hydrogen-bond donors (Lipinski definition) is 0. The van der Waals surface area contributed by atoms with Crippen LogP contribution in [0, 0.1) is 22.7 Å². The van der Waals surface area contributed by atoms with Crippen molar-refractivity contribution < 1.29 is 9.47 Å². The van der Waals surface area contributed by atoms with E-state index in [1.807, 2.05) is 12.1 Å². The molecule has 0 bridgehead atoms. The molecule has 0 fully saturated rings. The molecule has 0 radical (unpaired) electrons. The molecule has 0 aliphatic rings. The van der Waals surface area contributed by atoms with E-state index in [9.17, 15) is 0 Å². The van der Waals surface area contributed by atoms with Crippen LogP contribution in [-0.4, -0.2) is 14.2 Å². The third kappa shape index (κ3) is 1.90. The summed E-state index contributed by atoms with van der Waals surface area (Å²) in [4.78, 5) is 0. The van der Waals surface area contributed by atoms with Crippen LogP contribution in [0.2, 0.25) is 0 Å². The zero-order valence-corrected chi connectivity index (χ0v) is 12.2. The third-order valence-corrected chi connectivity index (χ3v) is 3.69. The van der Waals surface area contributed by atoms with Gasteiger partial charge in [0.2, 0.25) is 0 Å². The first-order valence-corrected chi connectivity index (χ1v) is 6.65. The lowest BCUT2D eigenvalue weighted by molar-refractivity contribution is 0.362. The fraction of sp³-hybridized carbons (Fsp3) is 0.111. The molecule has 0 saturated heterocycles.